The monoisotopic (exact) mass is 335 g/mol. The molecule has 0 spiro atoms. The van der Waals surface area contributed by atoms with Crippen LogP contribution in [0.1, 0.15) is 30.5 Å². The third-order valence-corrected chi connectivity index (χ3v) is 4.72. The van der Waals surface area contributed by atoms with E-state index in [1.807, 2.05) is 49.4 Å². The van der Waals surface area contributed by atoms with Crippen molar-refractivity contribution >= 4 is 23.2 Å². The summed E-state index contributed by atoms with van der Waals surface area (Å²) in [4.78, 5) is 14.4. The molecule has 0 saturated heterocycles. The quantitative estimate of drug-likeness (QED) is 0.798. The lowest BCUT2D eigenvalue weighted by atomic mass is 10.0. The molecule has 0 saturated carbocycles. The minimum absolute atomic E-state index is 0.00145. The molecule has 2 aliphatic heterocycles. The highest BCUT2D eigenvalue weighted by atomic mass is 16.5. The van der Waals surface area contributed by atoms with Gasteiger partial charge in [0.2, 0.25) is 0 Å². The van der Waals surface area contributed by atoms with E-state index in [0.29, 0.717) is 12.2 Å². The molecule has 0 N–H and O–H groups in total. The highest BCUT2D eigenvalue weighted by Crippen LogP contribution is 2.40. The molecular formula is C21H21NO3. The Kier molecular flexibility index (Phi) is 3.75. The fourth-order valence-electron chi connectivity index (χ4n) is 3.54. The first kappa shape index (κ1) is 15.8. The highest BCUT2D eigenvalue weighted by Gasteiger charge is 2.30. The summed E-state index contributed by atoms with van der Waals surface area (Å²) in [6.07, 6.45) is 2.98. The van der Waals surface area contributed by atoms with Crippen LogP contribution in [0.5, 0.6) is 11.5 Å². The van der Waals surface area contributed by atoms with Gasteiger partial charge >= 0.3 is 0 Å². The molecular weight excluding hydrogens is 314 g/mol. The van der Waals surface area contributed by atoms with Gasteiger partial charge in [-0.1, -0.05) is 18.2 Å². The molecule has 1 amide bonds. The summed E-state index contributed by atoms with van der Waals surface area (Å²) in [6, 6.07) is 11.9. The number of anilines is 1. The van der Waals surface area contributed by atoms with Crippen LogP contribution in [0.3, 0.4) is 0 Å². The van der Waals surface area contributed by atoms with E-state index in [-0.39, 0.29) is 12.0 Å². The Labute approximate surface area is 147 Å². The summed E-state index contributed by atoms with van der Waals surface area (Å²) >= 11 is 0. The van der Waals surface area contributed by atoms with Crippen LogP contribution in [0.15, 0.2) is 36.4 Å². The first-order valence-corrected chi connectivity index (χ1v) is 8.64. The molecule has 1 atom stereocenters. The maximum Gasteiger partial charge on any atom is 0.258 e. The first-order valence-electron chi connectivity index (χ1n) is 8.64. The van der Waals surface area contributed by atoms with Crippen molar-refractivity contribution in [3.8, 4) is 11.5 Å². The third kappa shape index (κ3) is 2.58. The highest BCUT2D eigenvalue weighted by molar-refractivity contribution is 6.35. The van der Waals surface area contributed by atoms with Gasteiger partial charge in [-0.05, 0) is 38.1 Å². The summed E-state index contributed by atoms with van der Waals surface area (Å²) in [5.74, 6) is 1.68. The fraction of sp³-hybridized carbons (Fsp3) is 0.286. The van der Waals surface area contributed by atoms with Gasteiger partial charge in [-0.3, -0.25) is 4.79 Å². The van der Waals surface area contributed by atoms with Crippen LogP contribution >= 0.6 is 0 Å². The van der Waals surface area contributed by atoms with Crippen molar-refractivity contribution in [3.05, 3.63) is 53.1 Å². The number of carbonyl (C=O) groups excluding carboxylic acids is 1. The van der Waals surface area contributed by atoms with E-state index in [9.17, 15) is 4.79 Å². The summed E-state index contributed by atoms with van der Waals surface area (Å²) in [6.45, 7) is 4.60. The molecule has 25 heavy (non-hydrogen) atoms. The number of fused-ring (bicyclic) bond motifs is 2. The average molecular weight is 335 g/mol. The Bertz CT molecular complexity index is 885. The molecule has 2 aliphatic rings. The molecule has 4 heteroatoms. The standard InChI is InChI=1S/C21H21NO3/c1-4-24-19-11-14-9-13(2)25-20(14)12-15(19)10-17-16-7-5-6-8-18(16)22(3)21(17)23/h5-8,10-13H,4,9H2,1-3H3. The fourth-order valence-corrected chi connectivity index (χ4v) is 3.54. The number of rotatable bonds is 3. The smallest absolute Gasteiger partial charge is 0.258 e. The number of hydrogen-bond acceptors (Lipinski definition) is 3. The lowest BCUT2D eigenvalue weighted by Gasteiger charge is -2.11. The largest absolute Gasteiger partial charge is 0.493 e. The Morgan fingerprint density at radius 2 is 2.12 bits per heavy atom. The number of benzene rings is 2. The molecule has 128 valence electrons. The van der Waals surface area contributed by atoms with Crippen molar-refractivity contribution in [2.45, 2.75) is 26.4 Å². The molecule has 0 aliphatic carbocycles. The molecule has 4 rings (SSSR count). The zero-order valence-electron chi connectivity index (χ0n) is 14.7. The normalized spacial score (nSPS) is 19.8. The van der Waals surface area contributed by atoms with E-state index in [2.05, 4.69) is 6.92 Å². The second kappa shape index (κ2) is 5.96. The van der Waals surface area contributed by atoms with Crippen LogP contribution in [0.2, 0.25) is 0 Å². The van der Waals surface area contributed by atoms with Gasteiger partial charge in [0.25, 0.3) is 5.91 Å². The SMILES string of the molecule is CCOc1cc2c(cc1C=C1C(=O)N(C)c3ccccc31)OC(C)C2. The minimum atomic E-state index is -0.00145. The summed E-state index contributed by atoms with van der Waals surface area (Å²) in [5.41, 5.74) is 4.61. The van der Waals surface area contributed by atoms with Gasteiger partial charge in [0.1, 0.15) is 17.6 Å². The van der Waals surface area contributed by atoms with Gasteiger partial charge in [-0.2, -0.15) is 0 Å². The van der Waals surface area contributed by atoms with Crippen molar-refractivity contribution in [2.24, 2.45) is 0 Å². The van der Waals surface area contributed by atoms with Crippen LogP contribution in [0.25, 0.3) is 11.6 Å². The van der Waals surface area contributed by atoms with Crippen LogP contribution in [0, 0.1) is 0 Å². The van der Waals surface area contributed by atoms with Crippen molar-refractivity contribution in [2.75, 3.05) is 18.6 Å². The van der Waals surface area contributed by atoms with Gasteiger partial charge in [0.05, 0.1) is 12.3 Å². The number of nitrogens with zero attached hydrogens (tertiary/aromatic N) is 1. The van der Waals surface area contributed by atoms with Crippen molar-refractivity contribution in [1.29, 1.82) is 0 Å². The predicted molar refractivity (Wildman–Crippen MR) is 99.1 cm³/mol. The Morgan fingerprint density at radius 3 is 2.92 bits per heavy atom. The van der Waals surface area contributed by atoms with E-state index >= 15 is 0 Å². The lowest BCUT2D eigenvalue weighted by molar-refractivity contribution is -0.112. The Balaban J connectivity index is 1.84. The molecule has 0 radical (unpaired) electrons. The van der Waals surface area contributed by atoms with Gasteiger partial charge < -0.3 is 14.4 Å². The first-order chi connectivity index (χ1) is 12.1. The van der Waals surface area contributed by atoms with Gasteiger partial charge in [-0.25, -0.2) is 0 Å². The predicted octanol–water partition coefficient (Wildman–Crippen LogP) is 3.93. The maximum absolute atomic E-state index is 12.7. The number of likely N-dealkylation sites (N-methyl/N-ethyl adjacent to an activating group) is 1. The molecule has 0 bridgehead atoms. The zero-order chi connectivity index (χ0) is 17.6. The number of carbonyl (C=O) groups is 1. The van der Waals surface area contributed by atoms with Gasteiger partial charge in [0, 0.05) is 35.7 Å². The lowest BCUT2D eigenvalue weighted by Crippen LogP contribution is -2.20. The second-order valence-corrected chi connectivity index (χ2v) is 6.50. The van der Waals surface area contributed by atoms with Crippen molar-refractivity contribution in [3.63, 3.8) is 0 Å². The van der Waals surface area contributed by atoms with E-state index in [1.54, 1.807) is 11.9 Å². The van der Waals surface area contributed by atoms with E-state index in [0.717, 1.165) is 40.3 Å². The van der Waals surface area contributed by atoms with E-state index < -0.39 is 0 Å². The van der Waals surface area contributed by atoms with Crippen molar-refractivity contribution < 1.29 is 14.3 Å². The average Bonchev–Trinajstić information content (AvgIpc) is 3.07. The maximum atomic E-state index is 12.7. The zero-order valence-corrected chi connectivity index (χ0v) is 14.7. The number of amides is 1. The summed E-state index contributed by atoms with van der Waals surface area (Å²) in [7, 11) is 1.80. The van der Waals surface area contributed by atoms with E-state index in [4.69, 9.17) is 9.47 Å². The van der Waals surface area contributed by atoms with Crippen molar-refractivity contribution in [1.82, 2.24) is 0 Å². The second-order valence-electron chi connectivity index (χ2n) is 6.50. The molecule has 1 unspecified atom stereocenters. The van der Waals surface area contributed by atoms with Gasteiger partial charge in [-0.15, -0.1) is 0 Å². The van der Waals surface area contributed by atoms with Gasteiger partial charge in [0.15, 0.2) is 0 Å². The topological polar surface area (TPSA) is 38.8 Å². The molecule has 0 aromatic heterocycles. The van der Waals surface area contributed by atoms with Crippen LogP contribution in [-0.2, 0) is 11.2 Å². The third-order valence-electron chi connectivity index (χ3n) is 4.72. The Hall–Kier alpha value is -2.75. The molecule has 2 heterocycles. The Morgan fingerprint density at radius 1 is 1.32 bits per heavy atom. The van der Waals surface area contributed by atoms with Crippen LogP contribution < -0.4 is 14.4 Å². The summed E-state index contributed by atoms with van der Waals surface area (Å²) < 4.78 is 11.7. The minimum Gasteiger partial charge on any atom is -0.493 e. The summed E-state index contributed by atoms with van der Waals surface area (Å²) in [5, 5.41) is 0. The molecule has 4 nitrogen and oxygen atoms in total. The number of para-hydroxylation sites is 1. The molecule has 2 aromatic rings. The number of ether oxygens (including phenoxy) is 2. The van der Waals surface area contributed by atoms with E-state index in [1.165, 1.54) is 0 Å². The molecule has 2 aromatic carbocycles. The molecule has 0 fully saturated rings. The van der Waals surface area contributed by atoms with Crippen LogP contribution in [-0.4, -0.2) is 25.7 Å². The van der Waals surface area contributed by atoms with Crippen LogP contribution in [0.4, 0.5) is 5.69 Å². The number of hydrogen-bond donors (Lipinski definition) is 0.